The van der Waals surface area contributed by atoms with Crippen molar-refractivity contribution in [2.75, 3.05) is 17.2 Å². The first-order valence-electron chi connectivity index (χ1n) is 10.4. The standard InChI is InChI=1S/C24H22N4O4S2/c1-16(29)26-20-9-6-18(7-10-20)22-15-33-24(27-22)28-23(30)12-13-25-34(31,32)21-11-8-17-4-2-3-5-19(17)14-21/h2-11,14-15,25H,12-13H2,1H3,(H,26,29)(H,27,28,30). The van der Waals surface area contributed by atoms with Crippen molar-refractivity contribution < 1.29 is 18.0 Å². The topological polar surface area (TPSA) is 117 Å². The summed E-state index contributed by atoms with van der Waals surface area (Å²) in [5.74, 6) is -0.492. The van der Waals surface area contributed by atoms with E-state index in [-0.39, 0.29) is 29.7 Å². The summed E-state index contributed by atoms with van der Waals surface area (Å²) in [5, 5.41) is 9.41. The minimum atomic E-state index is -3.73. The Kier molecular flexibility index (Phi) is 7.01. The van der Waals surface area contributed by atoms with Crippen molar-refractivity contribution in [2.24, 2.45) is 0 Å². The first kappa shape index (κ1) is 23.6. The summed E-state index contributed by atoms with van der Waals surface area (Å²) in [7, 11) is -3.73. The monoisotopic (exact) mass is 494 g/mol. The van der Waals surface area contributed by atoms with Gasteiger partial charge in [0.2, 0.25) is 21.8 Å². The van der Waals surface area contributed by atoms with E-state index in [0.29, 0.717) is 16.5 Å². The molecule has 3 aromatic carbocycles. The Hall–Kier alpha value is -3.60. The molecule has 0 fully saturated rings. The molecule has 174 valence electrons. The van der Waals surface area contributed by atoms with E-state index in [1.54, 1.807) is 30.3 Å². The van der Waals surface area contributed by atoms with E-state index >= 15 is 0 Å². The Morgan fingerprint density at radius 3 is 2.41 bits per heavy atom. The quantitative estimate of drug-likeness (QED) is 0.339. The van der Waals surface area contributed by atoms with Crippen LogP contribution in [0.15, 0.2) is 77.0 Å². The SMILES string of the molecule is CC(=O)Nc1ccc(-c2csc(NC(=O)CCNS(=O)(=O)c3ccc4ccccc4c3)n2)cc1. The molecular weight excluding hydrogens is 472 g/mol. The molecule has 1 heterocycles. The molecule has 0 aliphatic carbocycles. The van der Waals surface area contributed by atoms with Crippen LogP contribution in [0.2, 0.25) is 0 Å². The van der Waals surface area contributed by atoms with Gasteiger partial charge in [0.25, 0.3) is 0 Å². The first-order valence-corrected chi connectivity index (χ1v) is 12.8. The highest BCUT2D eigenvalue weighted by Crippen LogP contribution is 2.26. The molecule has 0 radical (unpaired) electrons. The number of amides is 2. The van der Waals surface area contributed by atoms with Crippen LogP contribution in [0, 0.1) is 0 Å². The summed E-state index contributed by atoms with van der Waals surface area (Å²) in [4.78, 5) is 28.0. The van der Waals surface area contributed by atoms with E-state index in [1.807, 2.05) is 41.8 Å². The molecule has 0 aliphatic rings. The first-order chi connectivity index (χ1) is 16.3. The van der Waals surface area contributed by atoms with Crippen LogP contribution in [0.3, 0.4) is 0 Å². The van der Waals surface area contributed by atoms with Crippen molar-refractivity contribution in [1.29, 1.82) is 0 Å². The van der Waals surface area contributed by atoms with Gasteiger partial charge in [0, 0.05) is 36.5 Å². The van der Waals surface area contributed by atoms with E-state index in [4.69, 9.17) is 0 Å². The number of anilines is 2. The van der Waals surface area contributed by atoms with Crippen molar-refractivity contribution in [3.05, 3.63) is 72.1 Å². The molecule has 0 bridgehead atoms. The summed E-state index contributed by atoms with van der Waals surface area (Å²) < 4.78 is 27.6. The number of hydrogen-bond donors (Lipinski definition) is 3. The maximum absolute atomic E-state index is 12.6. The molecule has 8 nitrogen and oxygen atoms in total. The maximum atomic E-state index is 12.6. The third-order valence-corrected chi connectivity index (χ3v) is 7.14. The fourth-order valence-corrected chi connectivity index (χ4v) is 5.09. The van der Waals surface area contributed by atoms with Gasteiger partial charge >= 0.3 is 0 Å². The second kappa shape index (κ2) is 10.1. The molecule has 0 aliphatic heterocycles. The third-order valence-electron chi connectivity index (χ3n) is 4.93. The Balaban J connectivity index is 1.31. The highest BCUT2D eigenvalue weighted by Gasteiger charge is 2.15. The van der Waals surface area contributed by atoms with Gasteiger partial charge in [-0.25, -0.2) is 18.1 Å². The lowest BCUT2D eigenvalue weighted by atomic mass is 10.1. The lowest BCUT2D eigenvalue weighted by Crippen LogP contribution is -2.27. The zero-order chi connectivity index (χ0) is 24.1. The molecule has 0 saturated heterocycles. The Bertz CT molecular complexity index is 1450. The highest BCUT2D eigenvalue weighted by atomic mass is 32.2. The molecule has 0 atom stereocenters. The fraction of sp³-hybridized carbons (Fsp3) is 0.125. The van der Waals surface area contributed by atoms with Gasteiger partial charge in [-0.2, -0.15) is 0 Å². The van der Waals surface area contributed by atoms with Crippen molar-refractivity contribution >= 4 is 54.8 Å². The lowest BCUT2D eigenvalue weighted by Gasteiger charge is -2.08. The number of benzene rings is 3. The number of carbonyl (C=O) groups excluding carboxylic acids is 2. The predicted molar refractivity (Wildman–Crippen MR) is 134 cm³/mol. The molecule has 0 spiro atoms. The van der Waals surface area contributed by atoms with Crippen LogP contribution in [0.25, 0.3) is 22.0 Å². The fourth-order valence-electron chi connectivity index (χ4n) is 3.29. The summed E-state index contributed by atoms with van der Waals surface area (Å²) >= 11 is 1.27. The molecule has 1 aromatic heterocycles. The average Bonchev–Trinajstić information content (AvgIpc) is 3.27. The Morgan fingerprint density at radius 1 is 0.941 bits per heavy atom. The number of fused-ring (bicyclic) bond motifs is 1. The average molecular weight is 495 g/mol. The van der Waals surface area contributed by atoms with Gasteiger partial charge in [0.1, 0.15) is 0 Å². The smallest absolute Gasteiger partial charge is 0.240 e. The molecule has 10 heteroatoms. The van der Waals surface area contributed by atoms with Crippen molar-refractivity contribution in [1.82, 2.24) is 9.71 Å². The largest absolute Gasteiger partial charge is 0.326 e. The second-order valence-corrected chi connectivity index (χ2v) is 10.1. The molecule has 0 saturated carbocycles. The minimum Gasteiger partial charge on any atom is -0.326 e. The van der Waals surface area contributed by atoms with Gasteiger partial charge in [-0.1, -0.05) is 42.5 Å². The van der Waals surface area contributed by atoms with Crippen molar-refractivity contribution in [3.63, 3.8) is 0 Å². The number of carbonyl (C=O) groups is 2. The number of aromatic nitrogens is 1. The molecule has 4 rings (SSSR count). The number of thiazole rings is 1. The van der Waals surface area contributed by atoms with Gasteiger partial charge in [-0.3, -0.25) is 9.59 Å². The molecular formula is C24H22N4O4S2. The molecule has 4 aromatic rings. The van der Waals surface area contributed by atoms with Crippen LogP contribution in [-0.2, 0) is 19.6 Å². The summed E-state index contributed by atoms with van der Waals surface area (Å²) in [6, 6.07) is 19.6. The number of rotatable bonds is 8. The van der Waals surface area contributed by atoms with E-state index < -0.39 is 10.0 Å². The van der Waals surface area contributed by atoms with E-state index in [9.17, 15) is 18.0 Å². The van der Waals surface area contributed by atoms with Crippen LogP contribution in [-0.4, -0.2) is 31.8 Å². The van der Waals surface area contributed by atoms with Gasteiger partial charge in [0.15, 0.2) is 5.13 Å². The predicted octanol–water partition coefficient (Wildman–Crippen LogP) is 4.23. The molecule has 3 N–H and O–H groups in total. The van der Waals surface area contributed by atoms with Crippen LogP contribution in [0.4, 0.5) is 10.8 Å². The van der Waals surface area contributed by atoms with Crippen LogP contribution < -0.4 is 15.4 Å². The summed E-state index contributed by atoms with van der Waals surface area (Å²) in [6.45, 7) is 1.40. The zero-order valence-electron chi connectivity index (χ0n) is 18.2. The van der Waals surface area contributed by atoms with Crippen molar-refractivity contribution in [3.8, 4) is 11.3 Å². The van der Waals surface area contributed by atoms with E-state index in [0.717, 1.165) is 16.3 Å². The summed E-state index contributed by atoms with van der Waals surface area (Å²) in [6.07, 6.45) is -0.0346. The van der Waals surface area contributed by atoms with Crippen LogP contribution in [0.5, 0.6) is 0 Å². The molecule has 0 unspecified atom stereocenters. The summed E-state index contributed by atoms with van der Waals surface area (Å²) in [5.41, 5.74) is 2.21. The Labute approximate surface area is 201 Å². The number of hydrogen-bond acceptors (Lipinski definition) is 6. The van der Waals surface area contributed by atoms with Crippen LogP contribution in [0.1, 0.15) is 13.3 Å². The maximum Gasteiger partial charge on any atom is 0.240 e. The van der Waals surface area contributed by atoms with Crippen LogP contribution >= 0.6 is 11.3 Å². The van der Waals surface area contributed by atoms with Gasteiger partial charge in [-0.05, 0) is 35.0 Å². The number of sulfonamides is 1. The zero-order valence-corrected chi connectivity index (χ0v) is 19.9. The minimum absolute atomic E-state index is 0.0346. The van der Waals surface area contributed by atoms with Gasteiger partial charge in [0.05, 0.1) is 10.6 Å². The van der Waals surface area contributed by atoms with Crippen molar-refractivity contribution in [2.45, 2.75) is 18.2 Å². The van der Waals surface area contributed by atoms with E-state index in [2.05, 4.69) is 20.3 Å². The normalized spacial score (nSPS) is 11.3. The molecule has 34 heavy (non-hydrogen) atoms. The highest BCUT2D eigenvalue weighted by molar-refractivity contribution is 7.89. The Morgan fingerprint density at radius 2 is 1.68 bits per heavy atom. The number of nitrogens with one attached hydrogen (secondary N) is 3. The van der Waals surface area contributed by atoms with Gasteiger partial charge in [-0.15, -0.1) is 11.3 Å². The second-order valence-electron chi connectivity index (χ2n) is 7.50. The lowest BCUT2D eigenvalue weighted by molar-refractivity contribution is -0.116. The van der Waals surface area contributed by atoms with Gasteiger partial charge < -0.3 is 10.6 Å². The van der Waals surface area contributed by atoms with E-state index in [1.165, 1.54) is 18.3 Å². The number of nitrogens with zero attached hydrogens (tertiary/aromatic N) is 1. The molecule has 2 amide bonds. The third kappa shape index (κ3) is 5.84.